The number of hydrogen-bond acceptors (Lipinski definition) is 6. The number of benzene rings is 2. The number of ether oxygens (including phenoxy) is 1. The van der Waals surface area contributed by atoms with Crippen LogP contribution in [-0.4, -0.2) is 34.5 Å². The van der Waals surface area contributed by atoms with E-state index in [4.69, 9.17) is 4.74 Å². The summed E-state index contributed by atoms with van der Waals surface area (Å²) in [6, 6.07) is 14.2. The highest BCUT2D eigenvalue weighted by Gasteiger charge is 2.29. The molecule has 0 aliphatic heterocycles. The predicted molar refractivity (Wildman–Crippen MR) is 107 cm³/mol. The fourth-order valence-corrected chi connectivity index (χ4v) is 3.19. The minimum atomic E-state index is -1.08. The molecule has 7 heteroatoms. The first kappa shape index (κ1) is 19.2. The van der Waals surface area contributed by atoms with Crippen LogP contribution in [0.15, 0.2) is 67.0 Å². The second-order valence-corrected chi connectivity index (χ2v) is 6.74. The Bertz CT molecular complexity index is 1190. The molecule has 0 bridgehead atoms. The van der Waals surface area contributed by atoms with E-state index in [2.05, 4.69) is 10.3 Å². The molecule has 0 saturated heterocycles. The van der Waals surface area contributed by atoms with Crippen molar-refractivity contribution in [2.75, 3.05) is 5.32 Å². The molecule has 0 fully saturated rings. The Morgan fingerprint density at radius 3 is 2.23 bits per heavy atom. The lowest BCUT2D eigenvalue weighted by Gasteiger charge is -2.19. The largest absolute Gasteiger partial charge is 0.449 e. The molecule has 0 saturated carbocycles. The summed E-state index contributed by atoms with van der Waals surface area (Å²) < 4.78 is 5.16. The van der Waals surface area contributed by atoms with Crippen LogP contribution in [0.2, 0.25) is 0 Å². The van der Waals surface area contributed by atoms with Gasteiger partial charge in [-0.25, -0.2) is 4.79 Å². The van der Waals surface area contributed by atoms with Crippen LogP contribution in [0.4, 0.5) is 5.69 Å². The smallest absolute Gasteiger partial charge is 0.340 e. The summed E-state index contributed by atoms with van der Waals surface area (Å²) >= 11 is 0. The van der Waals surface area contributed by atoms with Crippen LogP contribution in [0.25, 0.3) is 0 Å². The van der Waals surface area contributed by atoms with Gasteiger partial charge in [-0.3, -0.25) is 19.4 Å². The van der Waals surface area contributed by atoms with Crippen molar-refractivity contribution >= 4 is 29.1 Å². The van der Waals surface area contributed by atoms with E-state index in [0.29, 0.717) is 16.8 Å². The summed E-state index contributed by atoms with van der Waals surface area (Å²) in [7, 11) is 0. The number of rotatable bonds is 4. The van der Waals surface area contributed by atoms with Crippen molar-refractivity contribution in [1.29, 1.82) is 0 Å². The molecule has 2 aromatic carbocycles. The third-order valence-corrected chi connectivity index (χ3v) is 4.74. The number of anilines is 1. The highest BCUT2D eigenvalue weighted by Crippen LogP contribution is 2.29. The first-order valence-corrected chi connectivity index (χ1v) is 9.20. The normalized spacial score (nSPS) is 13.1. The minimum Gasteiger partial charge on any atom is -0.449 e. The number of pyridine rings is 1. The fraction of sp³-hybridized carbons (Fsp3) is 0.0870. The zero-order valence-corrected chi connectivity index (χ0v) is 15.9. The Kier molecular flexibility index (Phi) is 4.93. The molecule has 1 N–H and O–H groups in total. The van der Waals surface area contributed by atoms with Crippen molar-refractivity contribution in [1.82, 2.24) is 4.98 Å². The minimum absolute atomic E-state index is 0.219. The molecule has 1 aliphatic rings. The van der Waals surface area contributed by atoms with Crippen molar-refractivity contribution < 1.29 is 23.9 Å². The summed E-state index contributed by atoms with van der Waals surface area (Å²) in [5.41, 5.74) is 1.75. The number of fused-ring (bicyclic) bond motifs is 2. The maximum Gasteiger partial charge on any atom is 0.340 e. The monoisotopic (exact) mass is 400 g/mol. The molecule has 1 atom stereocenters. The van der Waals surface area contributed by atoms with Crippen molar-refractivity contribution in [3.63, 3.8) is 0 Å². The zero-order valence-electron chi connectivity index (χ0n) is 15.9. The number of carbonyl (C=O) groups is 4. The summed E-state index contributed by atoms with van der Waals surface area (Å²) in [5, 5.41) is 2.61. The predicted octanol–water partition coefficient (Wildman–Crippen LogP) is 3.04. The number of hydrogen-bond donors (Lipinski definition) is 1. The number of nitrogens with one attached hydrogen (secondary N) is 1. The molecule has 1 heterocycles. The van der Waals surface area contributed by atoms with Crippen molar-refractivity contribution in [3.8, 4) is 0 Å². The van der Waals surface area contributed by atoms with Crippen LogP contribution in [0, 0.1) is 0 Å². The maximum atomic E-state index is 12.8. The molecule has 7 nitrogen and oxygen atoms in total. The van der Waals surface area contributed by atoms with Gasteiger partial charge in [0, 0.05) is 40.3 Å². The van der Waals surface area contributed by atoms with E-state index in [-0.39, 0.29) is 28.3 Å². The van der Waals surface area contributed by atoms with Gasteiger partial charge in [-0.2, -0.15) is 0 Å². The Morgan fingerprint density at radius 1 is 0.900 bits per heavy atom. The average molecular weight is 400 g/mol. The highest BCUT2D eigenvalue weighted by atomic mass is 16.5. The number of amides is 1. The van der Waals surface area contributed by atoms with Crippen molar-refractivity contribution in [2.24, 2.45) is 0 Å². The third kappa shape index (κ3) is 3.48. The number of carbonyl (C=O) groups excluding carboxylic acids is 4. The van der Waals surface area contributed by atoms with Gasteiger partial charge in [-0.15, -0.1) is 0 Å². The third-order valence-electron chi connectivity index (χ3n) is 4.74. The molecule has 30 heavy (non-hydrogen) atoms. The summed E-state index contributed by atoms with van der Waals surface area (Å²) in [6.45, 7) is 1.44. The summed E-state index contributed by atoms with van der Waals surface area (Å²) in [5.74, 6) is -1.76. The average Bonchev–Trinajstić information content (AvgIpc) is 2.78. The lowest BCUT2D eigenvalue weighted by atomic mass is 9.84. The van der Waals surface area contributed by atoms with E-state index in [0.717, 1.165) is 0 Å². The Labute approximate surface area is 171 Å². The van der Waals surface area contributed by atoms with Gasteiger partial charge in [0.1, 0.15) is 0 Å². The maximum absolute atomic E-state index is 12.8. The van der Waals surface area contributed by atoms with Crippen molar-refractivity contribution in [3.05, 3.63) is 94.8 Å². The van der Waals surface area contributed by atoms with E-state index in [1.54, 1.807) is 30.3 Å². The number of ketones is 2. The first-order valence-electron chi connectivity index (χ1n) is 9.20. The lowest BCUT2D eigenvalue weighted by Crippen LogP contribution is -2.30. The van der Waals surface area contributed by atoms with E-state index in [1.807, 2.05) is 0 Å². The van der Waals surface area contributed by atoms with Gasteiger partial charge in [-0.1, -0.05) is 24.3 Å². The van der Waals surface area contributed by atoms with Crippen LogP contribution in [0.1, 0.15) is 49.1 Å². The van der Waals surface area contributed by atoms with Gasteiger partial charge < -0.3 is 10.1 Å². The number of nitrogens with zero attached hydrogens (tertiary/aromatic N) is 1. The molecule has 1 unspecified atom stereocenters. The van der Waals surface area contributed by atoms with Gasteiger partial charge in [0.05, 0.1) is 5.56 Å². The molecule has 1 aromatic heterocycles. The standard InChI is InChI=1S/C23H16N2O5/c1-13(30-23(29)14-5-4-10-24-12-14)22(28)25-15-8-9-18-19(11-15)21(27)17-7-3-2-6-16(17)20(18)26/h2-13H,1H3,(H,25,28). The van der Waals surface area contributed by atoms with E-state index in [1.165, 1.54) is 43.6 Å². The summed E-state index contributed by atoms with van der Waals surface area (Å²) in [4.78, 5) is 53.8. The molecule has 0 radical (unpaired) electrons. The quantitative estimate of drug-likeness (QED) is 0.528. The van der Waals surface area contributed by atoms with Gasteiger partial charge in [-0.05, 0) is 37.3 Å². The molecule has 0 spiro atoms. The molecule has 3 aromatic rings. The van der Waals surface area contributed by atoms with E-state index in [9.17, 15) is 19.2 Å². The van der Waals surface area contributed by atoms with Crippen molar-refractivity contribution in [2.45, 2.75) is 13.0 Å². The Morgan fingerprint density at radius 2 is 1.57 bits per heavy atom. The molecule has 1 amide bonds. The molecule has 4 rings (SSSR count). The van der Waals surface area contributed by atoms with Gasteiger partial charge in [0.15, 0.2) is 17.7 Å². The molecular weight excluding hydrogens is 384 g/mol. The van der Waals surface area contributed by atoms with Gasteiger partial charge in [0.25, 0.3) is 5.91 Å². The molecule has 148 valence electrons. The Balaban J connectivity index is 1.51. The zero-order chi connectivity index (χ0) is 21.3. The van der Waals surface area contributed by atoms with E-state index >= 15 is 0 Å². The summed E-state index contributed by atoms with van der Waals surface area (Å²) in [6.07, 6.45) is 1.79. The number of esters is 1. The fourth-order valence-electron chi connectivity index (χ4n) is 3.19. The number of aromatic nitrogens is 1. The highest BCUT2D eigenvalue weighted by molar-refractivity contribution is 6.28. The van der Waals surface area contributed by atoms with Crippen LogP contribution in [0.5, 0.6) is 0 Å². The van der Waals surface area contributed by atoms with Crippen LogP contribution >= 0.6 is 0 Å². The van der Waals surface area contributed by atoms with E-state index < -0.39 is 18.0 Å². The topological polar surface area (TPSA) is 102 Å². The SMILES string of the molecule is CC(OC(=O)c1cccnc1)C(=O)Nc1ccc2c(c1)C(=O)c1ccccc1C2=O. The second kappa shape index (κ2) is 7.71. The lowest BCUT2D eigenvalue weighted by molar-refractivity contribution is -0.123. The van der Waals surface area contributed by atoms with Crippen LogP contribution < -0.4 is 5.32 Å². The first-order chi connectivity index (χ1) is 14.5. The van der Waals surface area contributed by atoms with Crippen LogP contribution in [-0.2, 0) is 9.53 Å². The molecular formula is C23H16N2O5. The Hall–Kier alpha value is -4.13. The van der Waals surface area contributed by atoms with Gasteiger partial charge >= 0.3 is 5.97 Å². The molecule has 1 aliphatic carbocycles. The second-order valence-electron chi connectivity index (χ2n) is 6.74. The van der Waals surface area contributed by atoms with Gasteiger partial charge in [0.2, 0.25) is 0 Å². The van der Waals surface area contributed by atoms with Crippen LogP contribution in [0.3, 0.4) is 0 Å².